The highest BCUT2D eigenvalue weighted by Gasteiger charge is 2.28. The van der Waals surface area contributed by atoms with Gasteiger partial charge in [0, 0.05) is 61.7 Å². The molecular formula is C19H20N6O2. The van der Waals surface area contributed by atoms with Gasteiger partial charge >= 0.3 is 0 Å². The first-order valence-corrected chi connectivity index (χ1v) is 8.94. The van der Waals surface area contributed by atoms with Crippen LogP contribution in [0, 0.1) is 0 Å². The zero-order valence-electron chi connectivity index (χ0n) is 15.0. The zero-order chi connectivity index (χ0) is 18.6. The third kappa shape index (κ3) is 4.11. The number of aromatic nitrogens is 4. The highest BCUT2D eigenvalue weighted by atomic mass is 16.5. The van der Waals surface area contributed by atoms with E-state index in [1.54, 1.807) is 18.5 Å². The van der Waals surface area contributed by atoms with Crippen LogP contribution in [0.3, 0.4) is 0 Å². The molecule has 1 fully saturated rings. The maximum atomic E-state index is 12.2. The molecular weight excluding hydrogens is 344 g/mol. The molecule has 0 aliphatic heterocycles. The summed E-state index contributed by atoms with van der Waals surface area (Å²) >= 11 is 0. The molecule has 0 atom stereocenters. The summed E-state index contributed by atoms with van der Waals surface area (Å²) in [7, 11) is 1.81. The van der Waals surface area contributed by atoms with Crippen LogP contribution in [0.5, 0.6) is 0 Å². The smallest absolute Gasteiger partial charge is 0.273 e. The van der Waals surface area contributed by atoms with Gasteiger partial charge in [-0.25, -0.2) is 9.97 Å². The fourth-order valence-electron chi connectivity index (χ4n) is 2.73. The van der Waals surface area contributed by atoms with Crippen molar-refractivity contribution in [3.63, 3.8) is 0 Å². The molecule has 1 amide bonds. The lowest BCUT2D eigenvalue weighted by Gasteiger charge is -2.08. The lowest BCUT2D eigenvalue weighted by Crippen LogP contribution is -2.26. The van der Waals surface area contributed by atoms with Crippen LogP contribution in [0.2, 0.25) is 0 Å². The molecule has 27 heavy (non-hydrogen) atoms. The Balaban J connectivity index is 1.40. The number of nitrogens with zero attached hydrogens (tertiary/aromatic N) is 4. The van der Waals surface area contributed by atoms with E-state index >= 15 is 0 Å². The van der Waals surface area contributed by atoms with Gasteiger partial charge in [-0.2, -0.15) is 0 Å². The van der Waals surface area contributed by atoms with E-state index < -0.39 is 0 Å². The molecule has 3 heterocycles. The van der Waals surface area contributed by atoms with Crippen molar-refractivity contribution in [3.05, 3.63) is 53.8 Å². The number of anilines is 1. The molecule has 0 bridgehead atoms. The van der Waals surface area contributed by atoms with Crippen LogP contribution >= 0.6 is 0 Å². The molecule has 4 rings (SSSR count). The Morgan fingerprint density at radius 3 is 2.78 bits per heavy atom. The highest BCUT2D eigenvalue weighted by Crippen LogP contribution is 2.40. The lowest BCUT2D eigenvalue weighted by molar-refractivity contribution is 0.0945. The minimum atomic E-state index is -0.233. The molecule has 0 saturated heterocycles. The van der Waals surface area contributed by atoms with Gasteiger partial charge in [0.25, 0.3) is 5.91 Å². The maximum Gasteiger partial charge on any atom is 0.273 e. The van der Waals surface area contributed by atoms with Crippen molar-refractivity contribution in [2.24, 2.45) is 0 Å². The van der Waals surface area contributed by atoms with E-state index in [9.17, 15) is 4.79 Å². The summed E-state index contributed by atoms with van der Waals surface area (Å²) in [6.07, 6.45) is 6.21. The van der Waals surface area contributed by atoms with Crippen molar-refractivity contribution in [1.29, 1.82) is 0 Å². The molecule has 2 N–H and O–H groups in total. The van der Waals surface area contributed by atoms with E-state index in [1.165, 1.54) is 0 Å². The fourth-order valence-corrected chi connectivity index (χ4v) is 2.73. The number of amides is 1. The molecule has 138 valence electrons. The monoisotopic (exact) mass is 364 g/mol. The predicted octanol–water partition coefficient (Wildman–Crippen LogP) is 2.42. The Morgan fingerprint density at radius 1 is 1.22 bits per heavy atom. The Labute approximate surface area is 156 Å². The topological polar surface area (TPSA) is 106 Å². The van der Waals surface area contributed by atoms with Crippen LogP contribution in [0.15, 0.2) is 41.2 Å². The number of hydrogen-bond donors (Lipinski definition) is 2. The van der Waals surface area contributed by atoms with Crippen LogP contribution in [-0.2, 0) is 6.42 Å². The van der Waals surface area contributed by atoms with Gasteiger partial charge in [0.2, 0.25) is 0 Å². The summed E-state index contributed by atoms with van der Waals surface area (Å²) < 4.78 is 5.22. The van der Waals surface area contributed by atoms with E-state index in [-0.39, 0.29) is 5.91 Å². The summed E-state index contributed by atoms with van der Waals surface area (Å²) in [5.41, 5.74) is 2.05. The SMILES string of the molecule is CNc1cc(CCNC(=O)c2cc(C3CC3)on2)nc(-c2ccncc2)n1. The molecule has 0 radical (unpaired) electrons. The zero-order valence-corrected chi connectivity index (χ0v) is 15.0. The lowest BCUT2D eigenvalue weighted by atomic mass is 10.2. The van der Waals surface area contributed by atoms with Crippen molar-refractivity contribution < 1.29 is 9.32 Å². The van der Waals surface area contributed by atoms with Gasteiger partial charge in [-0.05, 0) is 25.0 Å². The first kappa shape index (κ1) is 17.1. The van der Waals surface area contributed by atoms with Gasteiger partial charge in [-0.15, -0.1) is 0 Å². The average molecular weight is 364 g/mol. The number of pyridine rings is 1. The predicted molar refractivity (Wildman–Crippen MR) is 99.3 cm³/mol. The van der Waals surface area contributed by atoms with E-state index in [0.29, 0.717) is 30.4 Å². The second-order valence-corrected chi connectivity index (χ2v) is 6.45. The number of hydrogen-bond acceptors (Lipinski definition) is 7. The van der Waals surface area contributed by atoms with Crippen LogP contribution in [0.25, 0.3) is 11.4 Å². The summed E-state index contributed by atoms with van der Waals surface area (Å²) in [6, 6.07) is 7.33. The number of nitrogens with one attached hydrogen (secondary N) is 2. The van der Waals surface area contributed by atoms with Gasteiger partial charge in [-0.1, -0.05) is 5.16 Å². The molecule has 3 aromatic heterocycles. The second kappa shape index (κ2) is 7.53. The van der Waals surface area contributed by atoms with Crippen molar-refractivity contribution in [2.75, 3.05) is 18.9 Å². The van der Waals surface area contributed by atoms with E-state index in [4.69, 9.17) is 4.52 Å². The third-order valence-corrected chi connectivity index (χ3v) is 4.38. The Kier molecular flexibility index (Phi) is 4.78. The quantitative estimate of drug-likeness (QED) is 0.663. The van der Waals surface area contributed by atoms with Gasteiger partial charge in [0.1, 0.15) is 11.6 Å². The number of rotatable bonds is 7. The largest absolute Gasteiger partial charge is 0.373 e. The van der Waals surface area contributed by atoms with Crippen molar-refractivity contribution in [2.45, 2.75) is 25.2 Å². The molecule has 0 spiro atoms. The number of carbonyl (C=O) groups excluding carboxylic acids is 1. The normalized spacial score (nSPS) is 13.4. The molecule has 3 aromatic rings. The minimum Gasteiger partial charge on any atom is -0.373 e. The van der Waals surface area contributed by atoms with Crippen molar-refractivity contribution in [1.82, 2.24) is 25.4 Å². The van der Waals surface area contributed by atoms with Gasteiger partial charge in [-0.3, -0.25) is 9.78 Å². The van der Waals surface area contributed by atoms with Crippen LogP contribution in [0.4, 0.5) is 5.82 Å². The summed E-state index contributed by atoms with van der Waals surface area (Å²) in [5, 5.41) is 9.77. The average Bonchev–Trinajstić information content (AvgIpc) is 3.44. The molecule has 1 aliphatic rings. The summed E-state index contributed by atoms with van der Waals surface area (Å²) in [5.74, 6) is 2.35. The molecule has 8 heteroatoms. The molecule has 8 nitrogen and oxygen atoms in total. The van der Waals surface area contributed by atoms with E-state index in [0.717, 1.165) is 35.7 Å². The van der Waals surface area contributed by atoms with E-state index in [2.05, 4.69) is 30.7 Å². The van der Waals surface area contributed by atoms with Crippen LogP contribution < -0.4 is 10.6 Å². The molecule has 1 aliphatic carbocycles. The Bertz CT molecular complexity index is 936. The molecule has 0 aromatic carbocycles. The number of carbonyl (C=O) groups is 1. The second-order valence-electron chi connectivity index (χ2n) is 6.45. The first-order valence-electron chi connectivity index (χ1n) is 8.94. The van der Waals surface area contributed by atoms with E-state index in [1.807, 2.05) is 25.2 Å². The standard InChI is InChI=1S/C19H20N6O2/c1-20-17-10-14(23-18(24-17)13-4-7-21-8-5-13)6-9-22-19(26)15-11-16(27-25-15)12-2-3-12/h4-5,7-8,10-12H,2-3,6,9H2,1H3,(H,22,26)(H,20,23,24). The third-order valence-electron chi connectivity index (χ3n) is 4.38. The summed E-state index contributed by atoms with van der Waals surface area (Å²) in [6.45, 7) is 0.445. The van der Waals surface area contributed by atoms with Crippen molar-refractivity contribution in [3.8, 4) is 11.4 Å². The van der Waals surface area contributed by atoms with Gasteiger partial charge in [0.15, 0.2) is 11.5 Å². The van der Waals surface area contributed by atoms with Crippen molar-refractivity contribution >= 4 is 11.7 Å². The molecule has 1 saturated carbocycles. The Hall–Kier alpha value is -3.29. The minimum absolute atomic E-state index is 0.233. The van der Waals surface area contributed by atoms with Gasteiger partial charge < -0.3 is 15.2 Å². The first-order chi connectivity index (χ1) is 13.2. The van der Waals surface area contributed by atoms with Crippen LogP contribution in [0.1, 0.15) is 40.7 Å². The van der Waals surface area contributed by atoms with Gasteiger partial charge in [0.05, 0.1) is 0 Å². The summed E-state index contributed by atoms with van der Waals surface area (Å²) in [4.78, 5) is 25.3. The maximum absolute atomic E-state index is 12.2. The fraction of sp³-hybridized carbons (Fsp3) is 0.316. The highest BCUT2D eigenvalue weighted by molar-refractivity contribution is 5.92. The van der Waals surface area contributed by atoms with Crippen LogP contribution in [-0.4, -0.2) is 39.6 Å². The Morgan fingerprint density at radius 2 is 2.04 bits per heavy atom. The molecule has 0 unspecified atom stereocenters.